The zero-order valence-corrected chi connectivity index (χ0v) is 21.3. The fraction of sp³-hybridized carbons (Fsp3) is 0.111. The highest BCUT2D eigenvalue weighted by molar-refractivity contribution is 9.10. The first-order valence-electron chi connectivity index (χ1n) is 10.9. The first-order valence-corrected chi connectivity index (χ1v) is 12.1. The minimum atomic E-state index is -0.311. The van der Waals surface area contributed by atoms with Gasteiger partial charge in [0, 0.05) is 23.0 Å². The van der Waals surface area contributed by atoms with Gasteiger partial charge in [-0.2, -0.15) is 5.10 Å². The van der Waals surface area contributed by atoms with Crippen LogP contribution in [-0.2, 0) is 6.61 Å². The number of carbonyl (C=O) groups excluding carboxylic acids is 1. The zero-order valence-electron chi connectivity index (χ0n) is 18.9. The molecular weight excluding hydrogens is 530 g/mol. The Hall–Kier alpha value is -3.55. The first kappa shape index (κ1) is 24.6. The van der Waals surface area contributed by atoms with Crippen LogP contribution in [0.2, 0.25) is 5.02 Å². The summed E-state index contributed by atoms with van der Waals surface area (Å²) in [5.41, 5.74) is 5.49. The van der Waals surface area contributed by atoms with Crippen LogP contribution >= 0.6 is 27.5 Å². The summed E-state index contributed by atoms with van der Waals surface area (Å²) in [6.07, 6.45) is 5.33. The van der Waals surface area contributed by atoms with Crippen LogP contribution in [0, 0.1) is 0 Å². The topological polar surface area (TPSA) is 64.8 Å². The molecule has 4 rings (SSSR count). The molecule has 6 nitrogen and oxygen atoms in total. The summed E-state index contributed by atoms with van der Waals surface area (Å²) in [6.45, 7) is 2.65. The van der Waals surface area contributed by atoms with Crippen LogP contribution < -0.4 is 14.9 Å². The van der Waals surface area contributed by atoms with E-state index in [0.29, 0.717) is 39.8 Å². The van der Waals surface area contributed by atoms with E-state index in [4.69, 9.17) is 21.1 Å². The number of aromatic nitrogens is 1. The van der Waals surface area contributed by atoms with Crippen LogP contribution in [0.5, 0.6) is 11.5 Å². The largest absolute Gasteiger partial charge is 0.490 e. The van der Waals surface area contributed by atoms with Crippen LogP contribution in [0.15, 0.2) is 94.8 Å². The number of ether oxygens (including phenoxy) is 2. The summed E-state index contributed by atoms with van der Waals surface area (Å²) in [5, 5.41) is 4.79. The second-order valence-electron chi connectivity index (χ2n) is 7.45. The van der Waals surface area contributed by atoms with E-state index in [1.54, 1.807) is 18.3 Å². The van der Waals surface area contributed by atoms with Crippen molar-refractivity contribution in [3.05, 3.63) is 111 Å². The van der Waals surface area contributed by atoms with E-state index in [0.717, 1.165) is 16.8 Å². The molecule has 0 aliphatic carbocycles. The molecule has 0 bridgehead atoms. The van der Waals surface area contributed by atoms with Gasteiger partial charge in [0.05, 0.1) is 28.5 Å². The van der Waals surface area contributed by atoms with E-state index in [1.165, 1.54) is 0 Å². The van der Waals surface area contributed by atoms with Gasteiger partial charge in [-0.3, -0.25) is 4.79 Å². The van der Waals surface area contributed by atoms with Crippen molar-refractivity contribution in [1.82, 2.24) is 9.99 Å². The maximum absolute atomic E-state index is 12.8. The third-order valence-electron chi connectivity index (χ3n) is 5.07. The van der Waals surface area contributed by atoms with Gasteiger partial charge in [0.25, 0.3) is 5.91 Å². The quantitative estimate of drug-likeness (QED) is 0.187. The summed E-state index contributed by atoms with van der Waals surface area (Å²) in [7, 11) is 0. The molecule has 35 heavy (non-hydrogen) atoms. The number of halogens is 2. The Balaban J connectivity index is 1.49. The number of para-hydroxylation sites is 1. The maximum atomic E-state index is 12.8. The van der Waals surface area contributed by atoms with Crippen molar-refractivity contribution in [2.45, 2.75) is 13.5 Å². The Kier molecular flexibility index (Phi) is 8.23. The molecule has 0 saturated heterocycles. The predicted octanol–water partition coefficient (Wildman–Crippen LogP) is 6.63. The monoisotopic (exact) mass is 551 g/mol. The number of hydrazone groups is 1. The molecule has 3 aromatic carbocycles. The van der Waals surface area contributed by atoms with Gasteiger partial charge in [-0.1, -0.05) is 41.9 Å². The van der Waals surface area contributed by atoms with E-state index >= 15 is 0 Å². The van der Waals surface area contributed by atoms with Crippen LogP contribution in [0.25, 0.3) is 5.69 Å². The average molecular weight is 553 g/mol. The molecule has 0 fully saturated rings. The zero-order chi connectivity index (χ0) is 24.6. The van der Waals surface area contributed by atoms with Gasteiger partial charge in [0.2, 0.25) is 0 Å². The van der Waals surface area contributed by atoms with Crippen molar-refractivity contribution in [2.75, 3.05) is 6.61 Å². The van der Waals surface area contributed by atoms with E-state index in [2.05, 4.69) is 26.5 Å². The Labute approximate surface area is 217 Å². The van der Waals surface area contributed by atoms with Gasteiger partial charge in [-0.05, 0) is 70.9 Å². The van der Waals surface area contributed by atoms with Crippen LogP contribution in [-0.4, -0.2) is 23.3 Å². The molecule has 1 amide bonds. The number of hydrogen-bond acceptors (Lipinski definition) is 4. The minimum absolute atomic E-state index is 0.294. The second kappa shape index (κ2) is 11.7. The molecule has 0 aliphatic heterocycles. The van der Waals surface area contributed by atoms with Gasteiger partial charge in [-0.25, -0.2) is 5.43 Å². The van der Waals surface area contributed by atoms with Gasteiger partial charge in [0.1, 0.15) is 6.61 Å². The summed E-state index contributed by atoms with van der Waals surface area (Å²) < 4.78 is 14.4. The number of nitrogens with one attached hydrogen (secondary N) is 1. The molecule has 1 heterocycles. The van der Waals surface area contributed by atoms with Crippen molar-refractivity contribution in [1.29, 1.82) is 0 Å². The Bertz CT molecular complexity index is 1340. The van der Waals surface area contributed by atoms with Crippen molar-refractivity contribution in [3.8, 4) is 17.2 Å². The van der Waals surface area contributed by atoms with Crippen LogP contribution in [0.4, 0.5) is 0 Å². The number of carbonyl (C=O) groups is 1. The molecular formula is C27H23BrClN3O3. The predicted molar refractivity (Wildman–Crippen MR) is 142 cm³/mol. The van der Waals surface area contributed by atoms with E-state index in [9.17, 15) is 4.79 Å². The van der Waals surface area contributed by atoms with E-state index in [1.807, 2.05) is 84.5 Å². The Morgan fingerprint density at radius 2 is 1.80 bits per heavy atom. The summed E-state index contributed by atoms with van der Waals surface area (Å²) in [4.78, 5) is 12.8. The first-order chi connectivity index (χ1) is 17.1. The summed E-state index contributed by atoms with van der Waals surface area (Å²) in [6, 6.07) is 22.3. The second-order valence-corrected chi connectivity index (χ2v) is 8.71. The molecule has 8 heteroatoms. The smallest absolute Gasteiger partial charge is 0.273 e. The molecule has 1 N–H and O–H groups in total. The normalized spacial score (nSPS) is 10.9. The standard InChI is InChI=1S/C27H23BrClN3O3/c1-2-34-25-16-19(15-22(28)26(25)35-18-20-9-3-5-11-23(20)29)17-30-31-27(33)21-10-4-6-12-24(21)32-13-7-8-14-32/h3-17H,2,18H2,1H3,(H,31,33). The Morgan fingerprint density at radius 3 is 2.57 bits per heavy atom. The Morgan fingerprint density at radius 1 is 1.06 bits per heavy atom. The minimum Gasteiger partial charge on any atom is -0.490 e. The average Bonchev–Trinajstić information content (AvgIpc) is 3.40. The highest BCUT2D eigenvalue weighted by atomic mass is 79.9. The maximum Gasteiger partial charge on any atom is 0.273 e. The van der Waals surface area contributed by atoms with Crippen molar-refractivity contribution in [2.24, 2.45) is 5.10 Å². The van der Waals surface area contributed by atoms with Crippen LogP contribution in [0.3, 0.4) is 0 Å². The van der Waals surface area contributed by atoms with Gasteiger partial charge in [0.15, 0.2) is 11.5 Å². The highest BCUT2D eigenvalue weighted by Gasteiger charge is 2.14. The van der Waals surface area contributed by atoms with E-state index in [-0.39, 0.29) is 5.91 Å². The molecule has 0 radical (unpaired) electrons. The number of amides is 1. The number of hydrogen-bond donors (Lipinski definition) is 1. The van der Waals surface area contributed by atoms with Crippen molar-refractivity contribution >= 4 is 39.7 Å². The number of benzene rings is 3. The molecule has 1 aromatic heterocycles. The molecule has 178 valence electrons. The molecule has 0 atom stereocenters. The fourth-order valence-electron chi connectivity index (χ4n) is 3.44. The lowest BCUT2D eigenvalue weighted by molar-refractivity contribution is 0.0955. The molecule has 0 spiro atoms. The van der Waals surface area contributed by atoms with Crippen molar-refractivity contribution in [3.63, 3.8) is 0 Å². The molecule has 0 aliphatic rings. The van der Waals surface area contributed by atoms with Gasteiger partial charge >= 0.3 is 0 Å². The van der Waals surface area contributed by atoms with Gasteiger partial charge in [-0.15, -0.1) is 0 Å². The SMILES string of the molecule is CCOc1cc(C=NNC(=O)c2ccccc2-n2cccc2)cc(Br)c1OCc1ccccc1Cl. The van der Waals surface area contributed by atoms with Crippen LogP contribution in [0.1, 0.15) is 28.4 Å². The molecule has 0 unspecified atom stereocenters. The van der Waals surface area contributed by atoms with Gasteiger partial charge < -0.3 is 14.0 Å². The highest BCUT2D eigenvalue weighted by Crippen LogP contribution is 2.37. The lowest BCUT2D eigenvalue weighted by Gasteiger charge is -2.15. The van der Waals surface area contributed by atoms with Crippen molar-refractivity contribution < 1.29 is 14.3 Å². The summed E-state index contributed by atoms with van der Waals surface area (Å²) >= 11 is 9.81. The number of rotatable bonds is 9. The fourth-order valence-corrected chi connectivity index (χ4v) is 4.21. The third-order valence-corrected chi connectivity index (χ3v) is 6.03. The number of nitrogens with zero attached hydrogens (tertiary/aromatic N) is 2. The molecule has 0 saturated carbocycles. The van der Waals surface area contributed by atoms with E-state index < -0.39 is 0 Å². The third kappa shape index (κ3) is 6.12. The lowest BCUT2D eigenvalue weighted by Crippen LogP contribution is -2.19. The summed E-state index contributed by atoms with van der Waals surface area (Å²) in [5.74, 6) is 0.808. The lowest BCUT2D eigenvalue weighted by atomic mass is 10.1. The molecule has 4 aromatic rings.